The van der Waals surface area contributed by atoms with Crippen molar-refractivity contribution in [3.8, 4) is 11.5 Å². The van der Waals surface area contributed by atoms with Gasteiger partial charge in [-0.1, -0.05) is 0 Å². The summed E-state index contributed by atoms with van der Waals surface area (Å²) in [5, 5.41) is 16.7. The number of carbonyl (C=O) groups is 1. The Hall–Kier alpha value is -1.80. The van der Waals surface area contributed by atoms with Crippen molar-refractivity contribution in [3.63, 3.8) is 0 Å². The Bertz CT molecular complexity index is 541. The molecule has 8 heteroatoms. The second-order valence-corrected chi connectivity index (χ2v) is 5.24. The molecular formula is C10H14N2O5S. The minimum atomic E-state index is -3.62. The molecule has 0 aromatic heterocycles. The number of nitrogens with one attached hydrogen (secondary N) is 1. The van der Waals surface area contributed by atoms with Crippen LogP contribution < -0.4 is 15.2 Å². The highest BCUT2D eigenvalue weighted by molar-refractivity contribution is 7.89. The molecule has 0 saturated carbocycles. The predicted molar refractivity (Wildman–Crippen MR) is 65.0 cm³/mol. The van der Waals surface area contributed by atoms with Gasteiger partial charge in [0.1, 0.15) is 11.5 Å². The summed E-state index contributed by atoms with van der Waals surface area (Å²) >= 11 is 0. The van der Waals surface area contributed by atoms with E-state index in [1.807, 2.05) is 0 Å². The molecule has 100 valence electrons. The SMILES string of the molecule is COc1ccc(C(=O)NCCS(N)(=O)=O)c(O)c1. The van der Waals surface area contributed by atoms with Crippen LogP contribution in [0.25, 0.3) is 0 Å². The van der Waals surface area contributed by atoms with Crippen molar-refractivity contribution in [1.82, 2.24) is 5.32 Å². The number of aromatic hydroxyl groups is 1. The molecule has 0 atom stereocenters. The van der Waals surface area contributed by atoms with Gasteiger partial charge >= 0.3 is 0 Å². The number of hydrogen-bond acceptors (Lipinski definition) is 5. The fourth-order valence-electron chi connectivity index (χ4n) is 1.23. The number of amides is 1. The van der Waals surface area contributed by atoms with Gasteiger partial charge in [-0.3, -0.25) is 4.79 Å². The smallest absolute Gasteiger partial charge is 0.255 e. The topological polar surface area (TPSA) is 119 Å². The highest BCUT2D eigenvalue weighted by atomic mass is 32.2. The Labute approximate surface area is 105 Å². The Kier molecular flexibility index (Phi) is 4.51. The summed E-state index contributed by atoms with van der Waals surface area (Å²) in [6.07, 6.45) is 0. The first-order valence-corrected chi connectivity index (χ1v) is 6.70. The van der Waals surface area contributed by atoms with E-state index in [4.69, 9.17) is 9.88 Å². The Morgan fingerprint density at radius 3 is 2.67 bits per heavy atom. The van der Waals surface area contributed by atoms with Gasteiger partial charge in [0.15, 0.2) is 0 Å². The van der Waals surface area contributed by atoms with Crippen molar-refractivity contribution in [2.45, 2.75) is 0 Å². The number of methoxy groups -OCH3 is 1. The third-order valence-corrected chi connectivity index (χ3v) is 2.89. The number of phenolic OH excluding ortho intramolecular Hbond substituents is 1. The molecule has 0 aliphatic carbocycles. The number of primary sulfonamides is 1. The van der Waals surface area contributed by atoms with E-state index in [2.05, 4.69) is 5.32 Å². The first-order valence-electron chi connectivity index (χ1n) is 4.99. The molecular weight excluding hydrogens is 260 g/mol. The summed E-state index contributed by atoms with van der Waals surface area (Å²) in [6.45, 7) is -0.122. The number of phenols is 1. The lowest BCUT2D eigenvalue weighted by molar-refractivity contribution is 0.0953. The van der Waals surface area contributed by atoms with E-state index in [-0.39, 0.29) is 23.6 Å². The van der Waals surface area contributed by atoms with Crippen LogP contribution >= 0.6 is 0 Å². The molecule has 1 rings (SSSR count). The maximum Gasteiger partial charge on any atom is 0.255 e. The van der Waals surface area contributed by atoms with E-state index < -0.39 is 15.9 Å². The predicted octanol–water partition coefficient (Wildman–Crippen LogP) is -0.581. The van der Waals surface area contributed by atoms with Crippen LogP contribution in [0.2, 0.25) is 0 Å². The van der Waals surface area contributed by atoms with Crippen LogP contribution in [0.4, 0.5) is 0 Å². The standard InChI is InChI=1S/C10H14N2O5S/c1-17-7-2-3-8(9(13)6-7)10(14)12-4-5-18(11,15)16/h2-3,6,13H,4-5H2,1H3,(H,12,14)(H2,11,15,16). The molecule has 1 amide bonds. The fourth-order valence-corrected chi connectivity index (χ4v) is 1.62. The van der Waals surface area contributed by atoms with Gasteiger partial charge in [0.25, 0.3) is 5.91 Å². The zero-order valence-corrected chi connectivity index (χ0v) is 10.5. The first kappa shape index (κ1) is 14.3. The van der Waals surface area contributed by atoms with Crippen LogP contribution in [-0.4, -0.2) is 38.8 Å². The molecule has 0 aliphatic rings. The molecule has 0 radical (unpaired) electrons. The Balaban J connectivity index is 2.67. The van der Waals surface area contributed by atoms with Crippen molar-refractivity contribution < 1.29 is 23.1 Å². The first-order chi connectivity index (χ1) is 8.33. The number of carbonyl (C=O) groups excluding carboxylic acids is 1. The summed E-state index contributed by atoms with van der Waals surface area (Å²) < 4.78 is 26.2. The van der Waals surface area contributed by atoms with Crippen molar-refractivity contribution in [3.05, 3.63) is 23.8 Å². The van der Waals surface area contributed by atoms with E-state index in [0.29, 0.717) is 5.75 Å². The Morgan fingerprint density at radius 2 is 2.17 bits per heavy atom. The van der Waals surface area contributed by atoms with Gasteiger partial charge in [-0.25, -0.2) is 13.6 Å². The maximum absolute atomic E-state index is 11.6. The van der Waals surface area contributed by atoms with Crippen molar-refractivity contribution in [1.29, 1.82) is 0 Å². The molecule has 1 aromatic carbocycles. The lowest BCUT2D eigenvalue weighted by Crippen LogP contribution is -2.31. The monoisotopic (exact) mass is 274 g/mol. The minimum absolute atomic E-state index is 0.0326. The molecule has 0 fully saturated rings. The van der Waals surface area contributed by atoms with E-state index in [0.717, 1.165) is 0 Å². The van der Waals surface area contributed by atoms with Gasteiger partial charge < -0.3 is 15.2 Å². The number of ether oxygens (including phenoxy) is 1. The number of rotatable bonds is 5. The van der Waals surface area contributed by atoms with Crippen molar-refractivity contribution >= 4 is 15.9 Å². The molecule has 4 N–H and O–H groups in total. The van der Waals surface area contributed by atoms with Crippen molar-refractivity contribution in [2.75, 3.05) is 19.4 Å². The Morgan fingerprint density at radius 1 is 1.50 bits per heavy atom. The van der Waals surface area contributed by atoms with Crippen LogP contribution in [0.3, 0.4) is 0 Å². The van der Waals surface area contributed by atoms with E-state index in [1.54, 1.807) is 0 Å². The molecule has 7 nitrogen and oxygen atoms in total. The second kappa shape index (κ2) is 5.69. The van der Waals surface area contributed by atoms with Gasteiger partial charge in [-0.15, -0.1) is 0 Å². The molecule has 18 heavy (non-hydrogen) atoms. The quantitative estimate of drug-likeness (QED) is 0.663. The average molecular weight is 274 g/mol. The zero-order valence-electron chi connectivity index (χ0n) is 9.71. The summed E-state index contributed by atoms with van der Waals surface area (Å²) in [4.78, 5) is 11.6. The average Bonchev–Trinajstić information content (AvgIpc) is 2.26. The normalized spacial score (nSPS) is 11.0. The number of benzene rings is 1. The van der Waals surface area contributed by atoms with Crippen molar-refractivity contribution in [2.24, 2.45) is 5.14 Å². The zero-order chi connectivity index (χ0) is 13.8. The van der Waals surface area contributed by atoms with E-state index in [1.165, 1.54) is 25.3 Å². The molecule has 0 unspecified atom stereocenters. The third-order valence-electron chi connectivity index (χ3n) is 2.12. The number of nitrogens with two attached hydrogens (primary N) is 1. The van der Waals surface area contributed by atoms with Crippen LogP contribution in [0.15, 0.2) is 18.2 Å². The van der Waals surface area contributed by atoms with Gasteiger partial charge in [-0.05, 0) is 12.1 Å². The molecule has 0 spiro atoms. The summed E-state index contributed by atoms with van der Waals surface area (Å²) in [5.41, 5.74) is 0.0326. The summed E-state index contributed by atoms with van der Waals surface area (Å²) in [6, 6.07) is 4.17. The highest BCUT2D eigenvalue weighted by Gasteiger charge is 2.12. The molecule has 0 bridgehead atoms. The molecule has 1 aromatic rings. The molecule has 0 aliphatic heterocycles. The van der Waals surface area contributed by atoms with Gasteiger partial charge in [0.2, 0.25) is 10.0 Å². The summed E-state index contributed by atoms with van der Waals surface area (Å²) in [5.74, 6) is -0.787. The molecule has 0 saturated heterocycles. The third kappa shape index (κ3) is 4.22. The summed E-state index contributed by atoms with van der Waals surface area (Å²) in [7, 11) is -2.19. The highest BCUT2D eigenvalue weighted by Crippen LogP contribution is 2.22. The van der Waals surface area contributed by atoms with Gasteiger partial charge in [0, 0.05) is 12.6 Å². The van der Waals surface area contributed by atoms with Crippen LogP contribution in [-0.2, 0) is 10.0 Å². The number of hydrogen-bond donors (Lipinski definition) is 3. The van der Waals surface area contributed by atoms with E-state index >= 15 is 0 Å². The van der Waals surface area contributed by atoms with Crippen LogP contribution in [0.1, 0.15) is 10.4 Å². The maximum atomic E-state index is 11.6. The molecule has 0 heterocycles. The van der Waals surface area contributed by atoms with Crippen LogP contribution in [0, 0.1) is 0 Å². The largest absolute Gasteiger partial charge is 0.507 e. The fraction of sp³-hybridized carbons (Fsp3) is 0.300. The lowest BCUT2D eigenvalue weighted by Gasteiger charge is -2.07. The lowest BCUT2D eigenvalue weighted by atomic mass is 10.2. The minimum Gasteiger partial charge on any atom is -0.507 e. The second-order valence-electron chi connectivity index (χ2n) is 3.51. The van der Waals surface area contributed by atoms with Gasteiger partial charge in [-0.2, -0.15) is 0 Å². The van der Waals surface area contributed by atoms with Crippen LogP contribution in [0.5, 0.6) is 11.5 Å². The van der Waals surface area contributed by atoms with E-state index in [9.17, 15) is 18.3 Å². The van der Waals surface area contributed by atoms with Gasteiger partial charge in [0.05, 0.1) is 18.4 Å². The number of sulfonamides is 1.